The Labute approximate surface area is 227 Å². The zero-order valence-corrected chi connectivity index (χ0v) is 22.4. The van der Waals surface area contributed by atoms with Crippen LogP contribution in [0.25, 0.3) is 0 Å². The Morgan fingerprint density at radius 1 is 0.974 bits per heavy atom. The smallest absolute Gasteiger partial charge is 0.305 e. The summed E-state index contributed by atoms with van der Waals surface area (Å²) in [5.41, 5.74) is -4.34. The summed E-state index contributed by atoms with van der Waals surface area (Å²) in [7, 11) is -3.96. The highest BCUT2D eigenvalue weighted by Gasteiger charge is 2.51. The van der Waals surface area contributed by atoms with E-state index >= 15 is 0 Å². The summed E-state index contributed by atoms with van der Waals surface area (Å²) in [5.74, 6) is -0.540. The number of nitrogens with one attached hydrogen (secondary N) is 2. The van der Waals surface area contributed by atoms with Crippen LogP contribution in [-0.2, 0) is 28.1 Å². The van der Waals surface area contributed by atoms with Gasteiger partial charge in [-0.3, -0.25) is 9.52 Å². The molecule has 0 atom stereocenters. The van der Waals surface area contributed by atoms with Crippen LogP contribution in [0.5, 0.6) is 0 Å². The van der Waals surface area contributed by atoms with Gasteiger partial charge in [-0.2, -0.15) is 26.3 Å². The summed E-state index contributed by atoms with van der Waals surface area (Å²) in [6.07, 6.45) is 1.37. The molecule has 206 valence electrons. The van der Waals surface area contributed by atoms with E-state index in [0.29, 0.717) is 5.56 Å². The summed E-state index contributed by atoms with van der Waals surface area (Å²) in [6.45, 7) is 3.13. The third-order valence-corrected chi connectivity index (χ3v) is 7.61. The van der Waals surface area contributed by atoms with Crippen molar-refractivity contribution in [3.05, 3.63) is 84.1 Å². The molecular formula is C25H24F3N5O4S2. The van der Waals surface area contributed by atoms with Crippen molar-refractivity contribution >= 4 is 45.4 Å². The van der Waals surface area contributed by atoms with Crippen LogP contribution in [0.4, 0.5) is 29.5 Å². The Morgan fingerprint density at radius 2 is 1.64 bits per heavy atom. The molecule has 3 amide bonds. The number of urea groups is 1. The van der Waals surface area contributed by atoms with Gasteiger partial charge >= 0.3 is 21.7 Å². The van der Waals surface area contributed by atoms with Crippen LogP contribution in [0.3, 0.4) is 0 Å². The number of rotatable bonds is 9. The van der Waals surface area contributed by atoms with E-state index in [1.54, 1.807) is 44.2 Å². The molecule has 2 aromatic carbocycles. The van der Waals surface area contributed by atoms with Crippen molar-refractivity contribution in [2.45, 2.75) is 42.9 Å². The average Bonchev–Trinajstić information content (AvgIpc) is 3.02. The fourth-order valence-corrected chi connectivity index (χ4v) is 5.24. The molecule has 0 saturated carbocycles. The van der Waals surface area contributed by atoms with E-state index in [1.165, 1.54) is 41.4 Å². The minimum atomic E-state index is -4.46. The van der Waals surface area contributed by atoms with Gasteiger partial charge in [-0.1, -0.05) is 30.3 Å². The first-order valence-electron chi connectivity index (χ1n) is 11.5. The lowest BCUT2D eigenvalue weighted by Gasteiger charge is -2.27. The number of carbonyl (C=O) groups is 2. The maximum atomic E-state index is 13.3. The van der Waals surface area contributed by atoms with Crippen LogP contribution in [0, 0.1) is 0 Å². The van der Waals surface area contributed by atoms with Gasteiger partial charge in [0.15, 0.2) is 0 Å². The van der Waals surface area contributed by atoms with Crippen molar-refractivity contribution in [1.82, 2.24) is 14.6 Å². The molecule has 0 bridgehead atoms. The van der Waals surface area contributed by atoms with Crippen molar-refractivity contribution < 1.29 is 31.2 Å². The molecule has 1 fully saturated rings. The standard InChI is InChI=1S/C25H24F3N5O4S2/c1-24(2)22(34)33(19-8-10-20(11-9-19)38-25(26,27)28)23(35)32(24)16-18-12-13-29-21(14-18)31-39(36,37)30-15-17-6-4-3-5-7-17/h3-14,30H,15-16H2,1-2H3,(H,29,31). The first-order chi connectivity index (χ1) is 18.2. The zero-order valence-electron chi connectivity index (χ0n) is 20.8. The van der Waals surface area contributed by atoms with Gasteiger partial charge in [-0.05, 0) is 73.1 Å². The van der Waals surface area contributed by atoms with Crippen molar-refractivity contribution in [3.63, 3.8) is 0 Å². The average molecular weight is 580 g/mol. The lowest BCUT2D eigenvalue weighted by Crippen LogP contribution is -2.43. The van der Waals surface area contributed by atoms with E-state index in [9.17, 15) is 31.2 Å². The maximum absolute atomic E-state index is 13.3. The fraction of sp³-hybridized carbons (Fsp3) is 0.240. The topological polar surface area (TPSA) is 112 Å². The number of carbonyl (C=O) groups excluding carboxylic acids is 2. The molecule has 0 spiro atoms. The highest BCUT2D eigenvalue weighted by molar-refractivity contribution is 8.00. The quantitative estimate of drug-likeness (QED) is 0.276. The molecule has 1 aliphatic rings. The molecule has 0 aliphatic carbocycles. The summed E-state index contributed by atoms with van der Waals surface area (Å²) in [4.78, 5) is 32.6. The number of thioether (sulfide) groups is 1. The van der Waals surface area contributed by atoms with Gasteiger partial charge in [0.05, 0.1) is 5.69 Å². The fourth-order valence-electron chi connectivity index (χ4n) is 3.88. The number of amides is 3. The first kappa shape index (κ1) is 28.4. The van der Waals surface area contributed by atoms with Crippen molar-refractivity contribution in [3.8, 4) is 0 Å². The highest BCUT2D eigenvalue weighted by atomic mass is 32.2. The van der Waals surface area contributed by atoms with Crippen molar-refractivity contribution in [1.29, 1.82) is 0 Å². The molecule has 39 heavy (non-hydrogen) atoms. The molecule has 4 rings (SSSR count). The predicted octanol–water partition coefficient (Wildman–Crippen LogP) is 4.89. The van der Waals surface area contributed by atoms with Crippen LogP contribution < -0.4 is 14.3 Å². The Bertz CT molecular complexity index is 1470. The normalized spacial score (nSPS) is 15.6. The number of nitrogens with zero attached hydrogens (tertiary/aromatic N) is 3. The third kappa shape index (κ3) is 6.88. The van der Waals surface area contributed by atoms with Gasteiger partial charge in [0.25, 0.3) is 5.91 Å². The van der Waals surface area contributed by atoms with Gasteiger partial charge < -0.3 is 4.90 Å². The number of pyridine rings is 1. The lowest BCUT2D eigenvalue weighted by atomic mass is 10.0. The van der Waals surface area contributed by atoms with Gasteiger partial charge in [0, 0.05) is 24.2 Å². The van der Waals surface area contributed by atoms with E-state index in [-0.39, 0.29) is 41.3 Å². The Kier molecular flexibility index (Phi) is 7.91. The highest BCUT2D eigenvalue weighted by Crippen LogP contribution is 2.39. The van der Waals surface area contributed by atoms with Gasteiger partial charge in [-0.25, -0.2) is 14.7 Å². The number of imide groups is 1. The van der Waals surface area contributed by atoms with Crippen LogP contribution in [-0.4, -0.2) is 41.3 Å². The van der Waals surface area contributed by atoms with Crippen LogP contribution in [0.15, 0.2) is 77.8 Å². The maximum Gasteiger partial charge on any atom is 0.446 e. The van der Waals surface area contributed by atoms with Gasteiger partial charge in [0.1, 0.15) is 11.4 Å². The summed E-state index contributed by atoms with van der Waals surface area (Å²) >= 11 is -0.295. The zero-order chi connectivity index (χ0) is 28.4. The molecular weight excluding hydrogens is 555 g/mol. The molecule has 0 unspecified atom stereocenters. The second-order valence-corrected chi connectivity index (χ2v) is 11.7. The molecule has 3 aromatic rings. The Morgan fingerprint density at radius 3 is 2.28 bits per heavy atom. The second-order valence-electron chi connectivity index (χ2n) is 9.07. The van der Waals surface area contributed by atoms with Crippen molar-refractivity contribution in [2.24, 2.45) is 0 Å². The van der Waals surface area contributed by atoms with Crippen LogP contribution in [0.1, 0.15) is 25.0 Å². The summed E-state index contributed by atoms with van der Waals surface area (Å²) in [5, 5.41) is 0. The van der Waals surface area contributed by atoms with E-state index in [0.717, 1.165) is 10.5 Å². The molecule has 2 heterocycles. The first-order valence-corrected chi connectivity index (χ1v) is 13.8. The minimum Gasteiger partial charge on any atom is -0.305 e. The molecule has 14 heteroatoms. The largest absolute Gasteiger partial charge is 0.446 e. The number of halogens is 3. The Balaban J connectivity index is 1.47. The number of hydrogen-bond donors (Lipinski definition) is 2. The molecule has 1 saturated heterocycles. The number of alkyl halides is 3. The summed E-state index contributed by atoms with van der Waals surface area (Å²) in [6, 6.07) is 16.3. The molecule has 2 N–H and O–H groups in total. The molecule has 0 radical (unpaired) electrons. The van der Waals surface area contributed by atoms with Crippen LogP contribution in [0.2, 0.25) is 0 Å². The van der Waals surface area contributed by atoms with E-state index < -0.39 is 33.2 Å². The number of benzene rings is 2. The number of aromatic nitrogens is 1. The minimum absolute atomic E-state index is 0.0125. The summed E-state index contributed by atoms with van der Waals surface area (Å²) < 4.78 is 67.7. The molecule has 1 aliphatic heterocycles. The van der Waals surface area contributed by atoms with Gasteiger partial charge in [0.2, 0.25) is 0 Å². The van der Waals surface area contributed by atoms with Crippen LogP contribution >= 0.6 is 11.8 Å². The van der Waals surface area contributed by atoms with E-state index in [2.05, 4.69) is 14.4 Å². The second kappa shape index (κ2) is 10.9. The van der Waals surface area contributed by atoms with E-state index in [4.69, 9.17) is 0 Å². The predicted molar refractivity (Wildman–Crippen MR) is 141 cm³/mol. The number of anilines is 2. The third-order valence-electron chi connectivity index (χ3n) is 5.87. The number of hydrogen-bond acceptors (Lipinski definition) is 6. The SMILES string of the molecule is CC1(C)C(=O)N(c2ccc(SC(F)(F)F)cc2)C(=O)N1Cc1ccnc(NS(=O)(=O)NCc2ccccc2)c1. The van der Waals surface area contributed by atoms with Crippen molar-refractivity contribution in [2.75, 3.05) is 9.62 Å². The Hall–Kier alpha value is -3.62. The molecule has 9 nitrogen and oxygen atoms in total. The van der Waals surface area contributed by atoms with Gasteiger partial charge in [-0.15, -0.1) is 0 Å². The van der Waals surface area contributed by atoms with E-state index in [1.807, 2.05) is 6.07 Å². The monoisotopic (exact) mass is 579 g/mol. The lowest BCUT2D eigenvalue weighted by molar-refractivity contribution is -0.123. The molecule has 1 aromatic heterocycles.